The van der Waals surface area contributed by atoms with Crippen molar-refractivity contribution in [2.24, 2.45) is 0 Å². The van der Waals surface area contributed by atoms with E-state index in [4.69, 9.17) is 9.26 Å². The van der Waals surface area contributed by atoms with E-state index in [9.17, 15) is 0 Å². The van der Waals surface area contributed by atoms with E-state index in [0.29, 0.717) is 13.2 Å². The van der Waals surface area contributed by atoms with E-state index >= 15 is 0 Å². The van der Waals surface area contributed by atoms with Crippen molar-refractivity contribution in [2.75, 3.05) is 0 Å². The zero-order valence-corrected chi connectivity index (χ0v) is 13.4. The molecule has 5 nitrogen and oxygen atoms in total. The lowest BCUT2D eigenvalue weighted by Gasteiger charge is -2.21. The molecular weight excluding hydrogens is 266 g/mol. The van der Waals surface area contributed by atoms with Crippen molar-refractivity contribution < 1.29 is 9.26 Å². The van der Waals surface area contributed by atoms with Crippen molar-refractivity contribution in [3.05, 3.63) is 41.0 Å². The molecule has 0 spiro atoms. The van der Waals surface area contributed by atoms with Gasteiger partial charge in [-0.2, -0.15) is 0 Å². The molecule has 0 aromatic carbocycles. The summed E-state index contributed by atoms with van der Waals surface area (Å²) in [5.74, 6) is 1.56. The van der Waals surface area contributed by atoms with Crippen molar-refractivity contribution in [1.82, 2.24) is 15.5 Å². The number of aromatic nitrogens is 2. The Morgan fingerprint density at radius 1 is 1.24 bits per heavy atom. The van der Waals surface area contributed by atoms with E-state index < -0.39 is 0 Å². The molecule has 0 radical (unpaired) electrons. The van der Waals surface area contributed by atoms with E-state index in [1.54, 1.807) is 0 Å². The number of rotatable bonds is 5. The number of pyridine rings is 1. The Balaban J connectivity index is 2.07. The summed E-state index contributed by atoms with van der Waals surface area (Å²) in [7, 11) is 0. The van der Waals surface area contributed by atoms with Gasteiger partial charge in [0.2, 0.25) is 0 Å². The Morgan fingerprint density at radius 2 is 2.00 bits per heavy atom. The first-order chi connectivity index (χ1) is 9.83. The average Bonchev–Trinajstić information content (AvgIpc) is 2.80. The molecule has 0 atom stereocenters. The van der Waals surface area contributed by atoms with Crippen molar-refractivity contribution >= 4 is 0 Å². The Morgan fingerprint density at radius 3 is 2.62 bits per heavy atom. The maximum atomic E-state index is 5.83. The van der Waals surface area contributed by atoms with Crippen LogP contribution < -0.4 is 10.1 Å². The van der Waals surface area contributed by atoms with E-state index in [1.165, 1.54) is 0 Å². The van der Waals surface area contributed by atoms with Crippen LogP contribution in [0.3, 0.4) is 0 Å². The number of ether oxygens (including phenoxy) is 1. The number of nitrogens with zero attached hydrogens (tertiary/aromatic N) is 2. The smallest absolute Gasteiger partial charge is 0.142 e. The van der Waals surface area contributed by atoms with Crippen molar-refractivity contribution in [1.29, 1.82) is 0 Å². The summed E-state index contributed by atoms with van der Waals surface area (Å²) in [4.78, 5) is 4.56. The Kier molecular flexibility index (Phi) is 4.63. The summed E-state index contributed by atoms with van der Waals surface area (Å²) in [6.45, 7) is 11.3. The highest BCUT2D eigenvalue weighted by molar-refractivity contribution is 5.29. The Bertz CT molecular complexity index is 600. The molecule has 2 aromatic rings. The van der Waals surface area contributed by atoms with Gasteiger partial charge in [0.05, 0.1) is 5.69 Å². The van der Waals surface area contributed by atoms with Gasteiger partial charge in [0, 0.05) is 23.8 Å². The Hall–Kier alpha value is -1.88. The first-order valence-corrected chi connectivity index (χ1v) is 7.10. The largest absolute Gasteiger partial charge is 0.485 e. The van der Waals surface area contributed by atoms with Gasteiger partial charge in [-0.25, -0.2) is 0 Å². The molecule has 0 aliphatic heterocycles. The minimum atomic E-state index is 0.0337. The molecule has 0 saturated heterocycles. The van der Waals surface area contributed by atoms with Gasteiger partial charge < -0.3 is 14.6 Å². The van der Waals surface area contributed by atoms with Crippen LogP contribution in [-0.4, -0.2) is 15.7 Å². The quantitative estimate of drug-likeness (QED) is 0.916. The predicted molar refractivity (Wildman–Crippen MR) is 81.1 cm³/mol. The topological polar surface area (TPSA) is 60.2 Å². The van der Waals surface area contributed by atoms with Gasteiger partial charge in [-0.3, -0.25) is 4.98 Å². The van der Waals surface area contributed by atoms with Crippen LogP contribution in [0, 0.1) is 13.8 Å². The second-order valence-electron chi connectivity index (χ2n) is 6.22. The highest BCUT2D eigenvalue weighted by Crippen LogP contribution is 2.19. The third kappa shape index (κ3) is 4.86. The maximum absolute atomic E-state index is 5.83. The monoisotopic (exact) mass is 289 g/mol. The van der Waals surface area contributed by atoms with Crippen LogP contribution in [0.4, 0.5) is 0 Å². The molecule has 114 valence electrons. The van der Waals surface area contributed by atoms with Crippen molar-refractivity contribution in [3.63, 3.8) is 0 Å². The van der Waals surface area contributed by atoms with Crippen LogP contribution >= 0.6 is 0 Å². The van der Waals surface area contributed by atoms with Gasteiger partial charge >= 0.3 is 0 Å². The van der Waals surface area contributed by atoms with Gasteiger partial charge in [-0.05, 0) is 46.8 Å². The lowest BCUT2D eigenvalue weighted by atomic mass is 10.1. The van der Waals surface area contributed by atoms with Gasteiger partial charge in [-0.1, -0.05) is 5.16 Å². The number of nitrogens with one attached hydrogen (secondary N) is 1. The molecule has 0 bridgehead atoms. The summed E-state index contributed by atoms with van der Waals surface area (Å²) in [6.07, 6.45) is 0. The second kappa shape index (κ2) is 6.26. The Labute approximate surface area is 125 Å². The van der Waals surface area contributed by atoms with Crippen LogP contribution in [0.5, 0.6) is 5.75 Å². The normalized spacial score (nSPS) is 11.7. The predicted octanol–water partition coefficient (Wildman–Crippen LogP) is 3.15. The SMILES string of the molecule is Cc1ccc(OCc2cc(C)on2)c(CNC(C)(C)C)n1. The van der Waals surface area contributed by atoms with Gasteiger partial charge in [0.25, 0.3) is 0 Å². The summed E-state index contributed by atoms with van der Waals surface area (Å²) < 4.78 is 10.9. The third-order valence-electron chi connectivity index (χ3n) is 2.91. The molecule has 0 aliphatic rings. The number of hydrogen-bond donors (Lipinski definition) is 1. The zero-order valence-electron chi connectivity index (χ0n) is 13.4. The van der Waals surface area contributed by atoms with Crippen molar-refractivity contribution in [2.45, 2.75) is 53.3 Å². The zero-order chi connectivity index (χ0) is 15.5. The van der Waals surface area contributed by atoms with E-state index in [-0.39, 0.29) is 5.54 Å². The molecular formula is C16H23N3O2. The van der Waals surface area contributed by atoms with Crippen LogP contribution in [0.1, 0.15) is 43.6 Å². The highest BCUT2D eigenvalue weighted by Gasteiger charge is 2.13. The molecule has 0 amide bonds. The van der Waals surface area contributed by atoms with Gasteiger partial charge in [0.1, 0.15) is 23.8 Å². The van der Waals surface area contributed by atoms with Crippen molar-refractivity contribution in [3.8, 4) is 5.75 Å². The summed E-state index contributed by atoms with van der Waals surface area (Å²) in [5, 5.41) is 7.36. The standard InChI is InChI=1S/C16H23N3O2/c1-11-6-7-15(14(18-11)9-17-16(3,4)5)20-10-13-8-12(2)21-19-13/h6-8,17H,9-10H2,1-5H3. The molecule has 2 heterocycles. The van der Waals surface area contributed by atoms with Crippen LogP contribution in [0.2, 0.25) is 0 Å². The molecule has 0 saturated carbocycles. The highest BCUT2D eigenvalue weighted by atomic mass is 16.5. The molecule has 2 aromatic heterocycles. The number of hydrogen-bond acceptors (Lipinski definition) is 5. The van der Waals surface area contributed by atoms with Crippen LogP contribution in [0.25, 0.3) is 0 Å². The summed E-state index contributed by atoms with van der Waals surface area (Å²) in [5.41, 5.74) is 2.70. The second-order valence-corrected chi connectivity index (χ2v) is 6.22. The summed E-state index contributed by atoms with van der Waals surface area (Å²) >= 11 is 0. The minimum Gasteiger partial charge on any atom is -0.485 e. The lowest BCUT2D eigenvalue weighted by molar-refractivity contribution is 0.281. The van der Waals surface area contributed by atoms with Crippen LogP contribution in [-0.2, 0) is 13.2 Å². The fourth-order valence-corrected chi connectivity index (χ4v) is 1.84. The maximum Gasteiger partial charge on any atom is 0.142 e. The molecule has 21 heavy (non-hydrogen) atoms. The summed E-state index contributed by atoms with van der Waals surface area (Å²) in [6, 6.07) is 5.77. The molecule has 0 fully saturated rings. The van der Waals surface area contributed by atoms with Crippen LogP contribution in [0.15, 0.2) is 22.7 Å². The molecule has 1 N–H and O–H groups in total. The molecule has 0 aliphatic carbocycles. The van der Waals surface area contributed by atoms with Gasteiger partial charge in [0.15, 0.2) is 0 Å². The first-order valence-electron chi connectivity index (χ1n) is 7.10. The van der Waals surface area contributed by atoms with E-state index in [1.807, 2.05) is 32.0 Å². The average molecular weight is 289 g/mol. The van der Waals surface area contributed by atoms with Gasteiger partial charge in [-0.15, -0.1) is 0 Å². The van der Waals surface area contributed by atoms with E-state index in [0.717, 1.165) is 28.6 Å². The lowest BCUT2D eigenvalue weighted by Crippen LogP contribution is -2.35. The molecule has 0 unspecified atom stereocenters. The minimum absolute atomic E-state index is 0.0337. The third-order valence-corrected chi connectivity index (χ3v) is 2.91. The molecule has 2 rings (SSSR count). The number of aryl methyl sites for hydroxylation is 2. The molecule has 5 heteroatoms. The first kappa shape index (κ1) is 15.5. The fourth-order valence-electron chi connectivity index (χ4n) is 1.84. The van der Waals surface area contributed by atoms with E-state index in [2.05, 4.69) is 36.2 Å². The fraction of sp³-hybridized carbons (Fsp3) is 0.500.